The van der Waals surface area contributed by atoms with Crippen molar-refractivity contribution in [2.24, 2.45) is 7.05 Å². The van der Waals surface area contributed by atoms with Crippen molar-refractivity contribution in [1.82, 2.24) is 14.9 Å². The van der Waals surface area contributed by atoms with E-state index in [0.717, 1.165) is 22.5 Å². The lowest BCUT2D eigenvalue weighted by Gasteiger charge is -2.19. The Labute approximate surface area is 165 Å². The highest BCUT2D eigenvalue weighted by atomic mass is 16.2. The topological polar surface area (TPSA) is 64.0 Å². The van der Waals surface area contributed by atoms with Gasteiger partial charge in [0.25, 0.3) is 0 Å². The summed E-state index contributed by atoms with van der Waals surface area (Å²) >= 11 is 0. The third kappa shape index (κ3) is 4.55. The number of hydrogen-bond donors (Lipinski definition) is 1. The first-order valence-corrected chi connectivity index (χ1v) is 9.37. The molecule has 1 amide bonds. The van der Waals surface area contributed by atoms with Gasteiger partial charge in [-0.05, 0) is 31.0 Å². The Bertz CT molecular complexity index is 977. The molecular formula is C23H25N3O2. The maximum atomic E-state index is 12.6. The molecule has 0 spiro atoms. The summed E-state index contributed by atoms with van der Waals surface area (Å²) in [5.41, 5.74) is 3.62. The molecule has 0 saturated heterocycles. The molecule has 3 aromatic rings. The second-order valence-electron chi connectivity index (χ2n) is 7.05. The van der Waals surface area contributed by atoms with Gasteiger partial charge in [-0.25, -0.2) is 4.98 Å². The molecule has 0 fully saturated rings. The van der Waals surface area contributed by atoms with Crippen LogP contribution in [0.3, 0.4) is 0 Å². The summed E-state index contributed by atoms with van der Waals surface area (Å²) in [5.74, 6) is 0.570. The standard InChI is InChI=1S/C23H25N3O2/c1-16-9-10-17(2)19(15-16)20(27)11-12-21(28)25-22(18-7-5-4-6-8-18)23-24-13-14-26(23)3/h4-10,13-15,22H,11-12H2,1-3H3,(H,25,28)/t22-/m0/s1. The Morgan fingerprint density at radius 2 is 1.82 bits per heavy atom. The van der Waals surface area contributed by atoms with E-state index < -0.39 is 0 Å². The molecule has 1 heterocycles. The van der Waals surface area contributed by atoms with Crippen molar-refractivity contribution in [3.05, 3.63) is 89.0 Å². The number of rotatable bonds is 7. The van der Waals surface area contributed by atoms with Gasteiger partial charge in [0, 0.05) is 37.8 Å². The van der Waals surface area contributed by atoms with Gasteiger partial charge in [-0.3, -0.25) is 9.59 Å². The van der Waals surface area contributed by atoms with E-state index in [1.807, 2.05) is 80.2 Å². The molecule has 1 atom stereocenters. The largest absolute Gasteiger partial charge is 0.342 e. The third-order valence-electron chi connectivity index (χ3n) is 4.83. The van der Waals surface area contributed by atoms with Crippen LogP contribution in [-0.2, 0) is 11.8 Å². The average molecular weight is 375 g/mol. The molecule has 5 nitrogen and oxygen atoms in total. The fourth-order valence-electron chi connectivity index (χ4n) is 3.23. The van der Waals surface area contributed by atoms with E-state index in [2.05, 4.69) is 10.3 Å². The molecule has 0 radical (unpaired) electrons. The molecule has 0 aliphatic carbocycles. The van der Waals surface area contributed by atoms with Gasteiger partial charge in [-0.2, -0.15) is 0 Å². The number of nitrogens with zero attached hydrogens (tertiary/aromatic N) is 2. The Morgan fingerprint density at radius 3 is 2.50 bits per heavy atom. The molecule has 0 unspecified atom stereocenters. The van der Waals surface area contributed by atoms with Gasteiger partial charge in [-0.1, -0.05) is 48.0 Å². The fourth-order valence-corrected chi connectivity index (χ4v) is 3.23. The van der Waals surface area contributed by atoms with Crippen molar-refractivity contribution >= 4 is 11.7 Å². The maximum absolute atomic E-state index is 12.6. The van der Waals surface area contributed by atoms with Crippen LogP contribution in [-0.4, -0.2) is 21.2 Å². The second kappa shape index (κ2) is 8.65. The van der Waals surface area contributed by atoms with Crippen molar-refractivity contribution in [2.45, 2.75) is 32.7 Å². The third-order valence-corrected chi connectivity index (χ3v) is 4.83. The van der Waals surface area contributed by atoms with Crippen LogP contribution in [0.4, 0.5) is 0 Å². The molecule has 0 aliphatic rings. The number of carbonyl (C=O) groups is 2. The number of carbonyl (C=O) groups excluding carboxylic acids is 2. The number of ketones is 1. The van der Waals surface area contributed by atoms with E-state index in [1.165, 1.54) is 0 Å². The van der Waals surface area contributed by atoms with Gasteiger partial charge >= 0.3 is 0 Å². The summed E-state index contributed by atoms with van der Waals surface area (Å²) in [6.45, 7) is 3.87. The van der Waals surface area contributed by atoms with Gasteiger partial charge in [0.05, 0.1) is 0 Å². The minimum absolute atomic E-state index is 0.00963. The zero-order valence-corrected chi connectivity index (χ0v) is 16.5. The van der Waals surface area contributed by atoms with E-state index in [-0.39, 0.29) is 30.6 Å². The summed E-state index contributed by atoms with van der Waals surface area (Å²) < 4.78 is 1.89. The van der Waals surface area contributed by atoms with Crippen LogP contribution in [0.5, 0.6) is 0 Å². The molecule has 28 heavy (non-hydrogen) atoms. The van der Waals surface area contributed by atoms with Gasteiger partial charge in [0.15, 0.2) is 5.78 Å². The van der Waals surface area contributed by atoms with Crippen LogP contribution in [0.2, 0.25) is 0 Å². The highest BCUT2D eigenvalue weighted by Gasteiger charge is 2.21. The molecule has 0 aliphatic heterocycles. The van der Waals surface area contributed by atoms with Crippen molar-refractivity contribution in [1.29, 1.82) is 0 Å². The Kier molecular flexibility index (Phi) is 6.04. The lowest BCUT2D eigenvalue weighted by Crippen LogP contribution is -2.31. The number of aryl methyl sites for hydroxylation is 3. The molecule has 1 aromatic heterocycles. The van der Waals surface area contributed by atoms with Crippen LogP contribution < -0.4 is 5.32 Å². The van der Waals surface area contributed by atoms with Crippen LogP contribution >= 0.6 is 0 Å². The quantitative estimate of drug-likeness (QED) is 0.637. The van der Waals surface area contributed by atoms with Gasteiger partial charge in [0.1, 0.15) is 11.9 Å². The molecule has 3 rings (SSSR count). The van der Waals surface area contributed by atoms with Gasteiger partial charge < -0.3 is 9.88 Å². The zero-order valence-electron chi connectivity index (χ0n) is 16.5. The summed E-state index contributed by atoms with van der Waals surface area (Å²) in [4.78, 5) is 29.6. The summed E-state index contributed by atoms with van der Waals surface area (Å²) in [6, 6.07) is 15.2. The van der Waals surface area contributed by atoms with Crippen molar-refractivity contribution < 1.29 is 9.59 Å². The van der Waals surface area contributed by atoms with Crippen molar-refractivity contribution in [3.8, 4) is 0 Å². The number of hydrogen-bond acceptors (Lipinski definition) is 3. The predicted octanol–water partition coefficient (Wildman–Crippen LogP) is 3.91. The zero-order chi connectivity index (χ0) is 20.1. The van der Waals surface area contributed by atoms with Crippen LogP contribution in [0.25, 0.3) is 0 Å². The number of benzene rings is 2. The molecule has 144 valence electrons. The minimum Gasteiger partial charge on any atom is -0.342 e. The lowest BCUT2D eigenvalue weighted by molar-refractivity contribution is -0.121. The van der Waals surface area contributed by atoms with Crippen LogP contribution in [0.1, 0.15) is 51.8 Å². The van der Waals surface area contributed by atoms with Crippen molar-refractivity contribution in [3.63, 3.8) is 0 Å². The molecule has 0 bridgehead atoms. The molecule has 2 aromatic carbocycles. The van der Waals surface area contributed by atoms with Crippen LogP contribution in [0, 0.1) is 13.8 Å². The summed E-state index contributed by atoms with van der Waals surface area (Å²) in [5, 5.41) is 3.03. The first kappa shape index (κ1) is 19.5. The Morgan fingerprint density at radius 1 is 1.07 bits per heavy atom. The highest BCUT2D eigenvalue weighted by Crippen LogP contribution is 2.21. The molecule has 1 N–H and O–H groups in total. The first-order chi connectivity index (χ1) is 13.5. The summed E-state index contributed by atoms with van der Waals surface area (Å²) in [7, 11) is 1.90. The molecule has 0 saturated carbocycles. The van der Waals surface area contributed by atoms with E-state index in [0.29, 0.717) is 5.56 Å². The first-order valence-electron chi connectivity index (χ1n) is 9.37. The van der Waals surface area contributed by atoms with Gasteiger partial charge in [-0.15, -0.1) is 0 Å². The molecule has 5 heteroatoms. The fraction of sp³-hybridized carbons (Fsp3) is 0.261. The average Bonchev–Trinajstić information content (AvgIpc) is 3.12. The van der Waals surface area contributed by atoms with Crippen molar-refractivity contribution in [2.75, 3.05) is 0 Å². The smallest absolute Gasteiger partial charge is 0.221 e. The number of Topliss-reactive ketones (excluding diaryl/α,β-unsaturated/α-hetero) is 1. The minimum atomic E-state index is -0.357. The van der Waals surface area contributed by atoms with E-state index in [4.69, 9.17) is 0 Å². The highest BCUT2D eigenvalue weighted by molar-refractivity contribution is 5.99. The van der Waals surface area contributed by atoms with Crippen LogP contribution in [0.15, 0.2) is 60.9 Å². The summed E-state index contributed by atoms with van der Waals surface area (Å²) in [6.07, 6.45) is 3.88. The number of aromatic nitrogens is 2. The van der Waals surface area contributed by atoms with Gasteiger partial charge in [0.2, 0.25) is 5.91 Å². The predicted molar refractivity (Wildman–Crippen MR) is 109 cm³/mol. The Balaban J connectivity index is 1.70. The monoisotopic (exact) mass is 375 g/mol. The lowest BCUT2D eigenvalue weighted by atomic mass is 9.99. The number of imidazole rings is 1. The molecular weight excluding hydrogens is 350 g/mol. The number of amides is 1. The SMILES string of the molecule is Cc1ccc(C)c(C(=O)CCC(=O)N[C@@H](c2ccccc2)c2nccn2C)c1. The van der Waals surface area contributed by atoms with E-state index >= 15 is 0 Å². The second-order valence-corrected chi connectivity index (χ2v) is 7.05. The van der Waals surface area contributed by atoms with E-state index in [1.54, 1.807) is 6.20 Å². The normalized spacial score (nSPS) is 11.8. The van der Waals surface area contributed by atoms with E-state index in [9.17, 15) is 9.59 Å². The number of nitrogens with one attached hydrogen (secondary N) is 1. The Hall–Kier alpha value is -3.21. The maximum Gasteiger partial charge on any atom is 0.221 e.